The van der Waals surface area contributed by atoms with E-state index in [1.165, 1.54) is 0 Å². The van der Waals surface area contributed by atoms with E-state index in [0.29, 0.717) is 22.1 Å². The van der Waals surface area contributed by atoms with Crippen LogP contribution in [0.1, 0.15) is 5.56 Å². The van der Waals surface area contributed by atoms with E-state index in [1.807, 2.05) is 12.1 Å². The molecule has 6 heteroatoms. The minimum Gasteiger partial charge on any atom is -0.497 e. The van der Waals surface area contributed by atoms with Crippen molar-refractivity contribution in [3.05, 3.63) is 51.5 Å². The molecule has 0 amide bonds. The Morgan fingerprint density at radius 2 is 1.90 bits per heavy atom. The molecule has 0 saturated carbocycles. The van der Waals surface area contributed by atoms with Crippen LogP contribution >= 0.6 is 39.7 Å². The number of benzene rings is 2. The Kier molecular flexibility index (Phi) is 4.86. The molecule has 104 valence electrons. The predicted octanol–water partition coefficient (Wildman–Crippen LogP) is 4.54. The molecule has 0 spiro atoms. The van der Waals surface area contributed by atoms with Gasteiger partial charge in [0.25, 0.3) is 0 Å². The first kappa shape index (κ1) is 15.1. The van der Waals surface area contributed by atoms with Gasteiger partial charge in [0.15, 0.2) is 0 Å². The van der Waals surface area contributed by atoms with E-state index in [0.717, 1.165) is 10.2 Å². The molecule has 2 N–H and O–H groups in total. The summed E-state index contributed by atoms with van der Waals surface area (Å²) in [6.07, 6.45) is 0. The summed E-state index contributed by atoms with van der Waals surface area (Å²) >= 11 is 14.4. The molecule has 0 bridgehead atoms. The van der Waals surface area contributed by atoms with Crippen LogP contribution in [0.25, 0.3) is 0 Å². The van der Waals surface area contributed by atoms with Crippen molar-refractivity contribution in [3.8, 4) is 17.2 Å². The maximum absolute atomic E-state index is 6.10. The highest BCUT2D eigenvalue weighted by Gasteiger charge is 2.08. The molecule has 2 aromatic rings. The topological polar surface area (TPSA) is 44.5 Å². The van der Waals surface area contributed by atoms with Gasteiger partial charge in [0, 0.05) is 11.6 Å². The standard InChI is InChI=1S/C14H11BrClNO2S/c1-18-8-3-5-13(11(15)6-8)19-9-2-4-10(14(17)20)12(16)7-9/h2-7H,1H3,(H2,17,20). The van der Waals surface area contributed by atoms with Crippen LogP contribution in [0, 0.1) is 0 Å². The second kappa shape index (κ2) is 6.43. The molecule has 0 radical (unpaired) electrons. The number of hydrogen-bond acceptors (Lipinski definition) is 3. The van der Waals surface area contributed by atoms with Crippen LogP contribution in [-0.2, 0) is 0 Å². The molecule has 2 aromatic carbocycles. The second-order valence-corrected chi connectivity index (χ2v) is 5.61. The Bertz CT molecular complexity index is 664. The minimum absolute atomic E-state index is 0.257. The molecule has 2 rings (SSSR count). The van der Waals surface area contributed by atoms with Crippen molar-refractivity contribution in [1.29, 1.82) is 0 Å². The summed E-state index contributed by atoms with van der Waals surface area (Å²) < 4.78 is 11.7. The number of hydrogen-bond donors (Lipinski definition) is 1. The zero-order chi connectivity index (χ0) is 14.7. The molecule has 0 atom stereocenters. The maximum atomic E-state index is 6.10. The quantitative estimate of drug-likeness (QED) is 0.800. The first-order valence-electron chi connectivity index (χ1n) is 5.62. The van der Waals surface area contributed by atoms with Crippen LogP contribution in [0.4, 0.5) is 0 Å². The summed E-state index contributed by atoms with van der Waals surface area (Å²) in [4.78, 5) is 0.257. The summed E-state index contributed by atoms with van der Waals surface area (Å²) in [5, 5.41) is 0.458. The van der Waals surface area contributed by atoms with Gasteiger partial charge in [-0.25, -0.2) is 0 Å². The SMILES string of the molecule is COc1ccc(Oc2ccc(C(N)=S)c(Cl)c2)c(Br)c1. The summed E-state index contributed by atoms with van der Waals surface area (Å²) in [5.41, 5.74) is 6.19. The smallest absolute Gasteiger partial charge is 0.141 e. The zero-order valence-corrected chi connectivity index (χ0v) is 13.7. The number of thiocarbonyl (C=S) groups is 1. The Labute approximate surface area is 135 Å². The van der Waals surface area contributed by atoms with E-state index in [9.17, 15) is 0 Å². The Balaban J connectivity index is 2.26. The average molecular weight is 373 g/mol. The Morgan fingerprint density at radius 1 is 1.20 bits per heavy atom. The van der Waals surface area contributed by atoms with Gasteiger partial charge in [-0.15, -0.1) is 0 Å². The van der Waals surface area contributed by atoms with E-state index in [4.69, 9.17) is 39.0 Å². The average Bonchev–Trinajstić information content (AvgIpc) is 2.40. The molecular weight excluding hydrogens is 362 g/mol. The van der Waals surface area contributed by atoms with Crippen molar-refractivity contribution in [2.75, 3.05) is 7.11 Å². The third kappa shape index (κ3) is 3.42. The first-order chi connectivity index (χ1) is 9.51. The fourth-order valence-electron chi connectivity index (χ4n) is 1.58. The summed E-state index contributed by atoms with van der Waals surface area (Å²) in [6, 6.07) is 10.6. The highest BCUT2D eigenvalue weighted by atomic mass is 79.9. The Hall–Kier alpha value is -1.30. The van der Waals surface area contributed by atoms with Crippen LogP contribution in [0.5, 0.6) is 17.2 Å². The number of rotatable bonds is 4. The first-order valence-corrected chi connectivity index (χ1v) is 7.20. The zero-order valence-electron chi connectivity index (χ0n) is 10.5. The maximum Gasteiger partial charge on any atom is 0.141 e. The van der Waals surface area contributed by atoms with Crippen LogP contribution in [-0.4, -0.2) is 12.1 Å². The lowest BCUT2D eigenvalue weighted by Gasteiger charge is -2.10. The van der Waals surface area contributed by atoms with Crippen molar-refractivity contribution < 1.29 is 9.47 Å². The van der Waals surface area contributed by atoms with Gasteiger partial charge in [-0.3, -0.25) is 0 Å². The van der Waals surface area contributed by atoms with Crippen molar-refractivity contribution in [1.82, 2.24) is 0 Å². The van der Waals surface area contributed by atoms with Crippen LogP contribution in [0.15, 0.2) is 40.9 Å². The predicted molar refractivity (Wildman–Crippen MR) is 88.1 cm³/mol. The van der Waals surface area contributed by atoms with Crippen LogP contribution < -0.4 is 15.2 Å². The molecule has 20 heavy (non-hydrogen) atoms. The monoisotopic (exact) mass is 371 g/mol. The van der Waals surface area contributed by atoms with E-state index in [2.05, 4.69) is 15.9 Å². The Morgan fingerprint density at radius 3 is 2.45 bits per heavy atom. The molecule has 0 aromatic heterocycles. The largest absolute Gasteiger partial charge is 0.497 e. The molecule has 0 unspecified atom stereocenters. The molecule has 3 nitrogen and oxygen atoms in total. The van der Waals surface area contributed by atoms with Gasteiger partial charge in [0.1, 0.15) is 22.2 Å². The van der Waals surface area contributed by atoms with E-state index in [1.54, 1.807) is 31.4 Å². The van der Waals surface area contributed by atoms with Gasteiger partial charge in [-0.1, -0.05) is 23.8 Å². The van der Waals surface area contributed by atoms with Gasteiger partial charge in [-0.2, -0.15) is 0 Å². The molecule has 0 fully saturated rings. The molecule has 0 aliphatic rings. The van der Waals surface area contributed by atoms with Gasteiger partial charge in [0.2, 0.25) is 0 Å². The summed E-state index contributed by atoms with van der Waals surface area (Å²) in [5.74, 6) is 2.00. The van der Waals surface area contributed by atoms with Crippen LogP contribution in [0.2, 0.25) is 5.02 Å². The number of halogens is 2. The summed E-state index contributed by atoms with van der Waals surface area (Å²) in [6.45, 7) is 0. The van der Waals surface area contributed by atoms with Gasteiger partial charge in [0.05, 0.1) is 16.6 Å². The van der Waals surface area contributed by atoms with Crippen molar-refractivity contribution in [3.63, 3.8) is 0 Å². The number of methoxy groups -OCH3 is 1. The highest BCUT2D eigenvalue weighted by Crippen LogP contribution is 2.34. The fraction of sp³-hybridized carbons (Fsp3) is 0.0714. The van der Waals surface area contributed by atoms with Crippen molar-refractivity contribution in [2.45, 2.75) is 0 Å². The third-order valence-corrected chi connectivity index (χ3v) is 3.73. The van der Waals surface area contributed by atoms with E-state index in [-0.39, 0.29) is 4.99 Å². The lowest BCUT2D eigenvalue weighted by Crippen LogP contribution is -2.09. The van der Waals surface area contributed by atoms with Crippen molar-refractivity contribution in [2.24, 2.45) is 5.73 Å². The lowest BCUT2D eigenvalue weighted by atomic mass is 10.2. The van der Waals surface area contributed by atoms with Gasteiger partial charge >= 0.3 is 0 Å². The second-order valence-electron chi connectivity index (χ2n) is 3.90. The minimum atomic E-state index is 0.257. The fourth-order valence-corrected chi connectivity index (χ4v) is 2.52. The normalized spacial score (nSPS) is 10.2. The lowest BCUT2D eigenvalue weighted by molar-refractivity contribution is 0.412. The third-order valence-electron chi connectivity index (χ3n) is 2.57. The molecular formula is C14H11BrClNO2S. The molecule has 0 aliphatic carbocycles. The highest BCUT2D eigenvalue weighted by molar-refractivity contribution is 9.10. The summed E-state index contributed by atoms with van der Waals surface area (Å²) in [7, 11) is 1.61. The number of nitrogens with two attached hydrogens (primary N) is 1. The number of ether oxygens (including phenoxy) is 2. The van der Waals surface area contributed by atoms with Gasteiger partial charge < -0.3 is 15.2 Å². The van der Waals surface area contributed by atoms with E-state index < -0.39 is 0 Å². The van der Waals surface area contributed by atoms with Crippen molar-refractivity contribution >= 4 is 44.7 Å². The molecule has 0 saturated heterocycles. The van der Waals surface area contributed by atoms with E-state index >= 15 is 0 Å². The van der Waals surface area contributed by atoms with Crippen LogP contribution in [0.3, 0.4) is 0 Å². The molecule has 0 aliphatic heterocycles. The van der Waals surface area contributed by atoms with Gasteiger partial charge in [-0.05, 0) is 46.3 Å². The molecule has 0 heterocycles.